The summed E-state index contributed by atoms with van der Waals surface area (Å²) in [5.74, 6) is 0. The molecule has 1 saturated heterocycles. The summed E-state index contributed by atoms with van der Waals surface area (Å²) in [6.45, 7) is 4.74. The van der Waals surface area contributed by atoms with Crippen LogP contribution in [-0.2, 0) is 4.74 Å². The van der Waals surface area contributed by atoms with Crippen LogP contribution in [0.4, 0.5) is 11.4 Å². The van der Waals surface area contributed by atoms with Crippen LogP contribution in [0.2, 0.25) is 0 Å². The third-order valence-corrected chi connectivity index (χ3v) is 2.53. The molecule has 3 heteroatoms. The largest absolute Gasteiger partial charge is 0.397 e. The Hall–Kier alpha value is -1.22. The molecule has 0 amide bonds. The van der Waals surface area contributed by atoms with Crippen molar-refractivity contribution in [2.75, 3.05) is 30.3 Å². The zero-order chi connectivity index (χ0) is 9.97. The number of benzene rings is 1. The van der Waals surface area contributed by atoms with Crippen molar-refractivity contribution < 1.29 is 4.74 Å². The van der Waals surface area contributed by atoms with Gasteiger partial charge in [-0.05, 0) is 19.1 Å². The Morgan fingerprint density at radius 3 is 2.79 bits per heavy atom. The Morgan fingerprint density at radius 2 is 2.14 bits per heavy atom. The highest BCUT2D eigenvalue weighted by Gasteiger charge is 2.27. The third kappa shape index (κ3) is 1.68. The first-order valence-electron chi connectivity index (χ1n) is 5.02. The molecule has 2 N–H and O–H groups in total. The van der Waals surface area contributed by atoms with Crippen LogP contribution in [0.3, 0.4) is 0 Å². The number of ether oxygens (including phenoxy) is 1. The van der Waals surface area contributed by atoms with Crippen molar-refractivity contribution in [1.29, 1.82) is 0 Å². The van der Waals surface area contributed by atoms with E-state index < -0.39 is 0 Å². The van der Waals surface area contributed by atoms with Crippen LogP contribution in [-0.4, -0.2) is 25.8 Å². The number of nitrogens with zero attached hydrogens (tertiary/aromatic N) is 1. The number of anilines is 2. The molecule has 1 fully saturated rings. The molecule has 1 aromatic rings. The molecule has 3 nitrogen and oxygen atoms in total. The molecule has 1 heterocycles. The van der Waals surface area contributed by atoms with Crippen LogP contribution in [0.5, 0.6) is 0 Å². The van der Waals surface area contributed by atoms with Gasteiger partial charge in [0.2, 0.25) is 0 Å². The minimum absolute atomic E-state index is 0.389. The number of para-hydroxylation sites is 2. The minimum atomic E-state index is 0.389. The first-order valence-corrected chi connectivity index (χ1v) is 5.02. The zero-order valence-corrected chi connectivity index (χ0v) is 8.44. The lowest BCUT2D eigenvalue weighted by molar-refractivity contribution is 0.0431. The van der Waals surface area contributed by atoms with Crippen LogP contribution < -0.4 is 10.6 Å². The molecule has 0 radical (unpaired) electrons. The van der Waals surface area contributed by atoms with E-state index in [-0.39, 0.29) is 0 Å². The smallest absolute Gasteiger partial charge is 0.0924 e. The van der Waals surface area contributed by atoms with Gasteiger partial charge in [0, 0.05) is 19.7 Å². The summed E-state index contributed by atoms with van der Waals surface area (Å²) in [4.78, 5) is 2.25. The highest BCUT2D eigenvalue weighted by molar-refractivity contribution is 5.68. The van der Waals surface area contributed by atoms with Gasteiger partial charge in [-0.1, -0.05) is 12.1 Å². The molecule has 0 aliphatic carbocycles. The summed E-state index contributed by atoms with van der Waals surface area (Å²) in [6, 6.07) is 7.96. The second kappa shape index (κ2) is 3.88. The Morgan fingerprint density at radius 1 is 1.43 bits per heavy atom. The molecular formula is C11H16N2O. The summed E-state index contributed by atoms with van der Waals surface area (Å²) in [7, 11) is 0. The second-order valence-corrected chi connectivity index (χ2v) is 3.54. The lowest BCUT2D eigenvalue weighted by Gasteiger charge is -2.41. The van der Waals surface area contributed by atoms with Gasteiger partial charge in [0.25, 0.3) is 0 Å². The molecule has 0 aromatic heterocycles. The maximum atomic E-state index is 5.87. The Bertz CT molecular complexity index is 308. The van der Waals surface area contributed by atoms with Crippen LogP contribution in [0.1, 0.15) is 6.92 Å². The van der Waals surface area contributed by atoms with E-state index in [0.717, 1.165) is 31.1 Å². The maximum absolute atomic E-state index is 5.87. The average molecular weight is 192 g/mol. The van der Waals surface area contributed by atoms with E-state index in [1.807, 2.05) is 25.1 Å². The van der Waals surface area contributed by atoms with Crippen LogP contribution in [0.15, 0.2) is 24.3 Å². The molecule has 14 heavy (non-hydrogen) atoms. The Kier molecular flexibility index (Phi) is 2.59. The number of hydrogen-bond acceptors (Lipinski definition) is 3. The van der Waals surface area contributed by atoms with Crippen molar-refractivity contribution in [3.63, 3.8) is 0 Å². The summed E-state index contributed by atoms with van der Waals surface area (Å²) >= 11 is 0. The van der Waals surface area contributed by atoms with Gasteiger partial charge in [-0.15, -0.1) is 0 Å². The fraction of sp³-hybridized carbons (Fsp3) is 0.455. The normalized spacial score (nSPS) is 16.8. The van der Waals surface area contributed by atoms with E-state index in [9.17, 15) is 0 Å². The van der Waals surface area contributed by atoms with Crippen LogP contribution in [0, 0.1) is 0 Å². The summed E-state index contributed by atoms with van der Waals surface area (Å²) < 4.78 is 5.49. The first kappa shape index (κ1) is 9.34. The van der Waals surface area contributed by atoms with Gasteiger partial charge in [0.1, 0.15) is 0 Å². The lowest BCUT2D eigenvalue weighted by Crippen LogP contribution is -2.52. The van der Waals surface area contributed by atoms with Gasteiger partial charge < -0.3 is 15.4 Å². The first-order chi connectivity index (χ1) is 6.81. The highest BCUT2D eigenvalue weighted by atomic mass is 16.5. The molecule has 0 saturated carbocycles. The summed E-state index contributed by atoms with van der Waals surface area (Å²) in [6.07, 6.45) is 0.389. The van der Waals surface area contributed by atoms with E-state index in [1.54, 1.807) is 0 Å². The van der Waals surface area contributed by atoms with Crippen molar-refractivity contribution in [2.45, 2.75) is 13.0 Å². The Balaban J connectivity index is 1.96. The molecule has 76 valence electrons. The van der Waals surface area contributed by atoms with E-state index in [1.165, 1.54) is 0 Å². The van der Waals surface area contributed by atoms with Gasteiger partial charge in [0.05, 0.1) is 17.5 Å². The van der Waals surface area contributed by atoms with Crippen molar-refractivity contribution >= 4 is 11.4 Å². The van der Waals surface area contributed by atoms with E-state index in [2.05, 4.69) is 11.0 Å². The fourth-order valence-corrected chi connectivity index (χ4v) is 1.75. The quantitative estimate of drug-likeness (QED) is 0.737. The minimum Gasteiger partial charge on any atom is -0.397 e. The topological polar surface area (TPSA) is 38.5 Å². The second-order valence-electron chi connectivity index (χ2n) is 3.54. The molecule has 0 spiro atoms. The van der Waals surface area contributed by atoms with Crippen molar-refractivity contribution in [3.8, 4) is 0 Å². The summed E-state index contributed by atoms with van der Waals surface area (Å²) in [5.41, 5.74) is 7.85. The maximum Gasteiger partial charge on any atom is 0.0924 e. The van der Waals surface area contributed by atoms with E-state index in [4.69, 9.17) is 10.5 Å². The molecular weight excluding hydrogens is 176 g/mol. The molecule has 1 aliphatic rings. The number of hydrogen-bond donors (Lipinski definition) is 1. The van der Waals surface area contributed by atoms with E-state index in [0.29, 0.717) is 6.10 Å². The Labute approximate surface area is 84.5 Å². The zero-order valence-electron chi connectivity index (χ0n) is 8.44. The number of rotatable bonds is 3. The molecule has 1 aliphatic heterocycles. The van der Waals surface area contributed by atoms with Gasteiger partial charge in [-0.3, -0.25) is 0 Å². The van der Waals surface area contributed by atoms with Gasteiger partial charge >= 0.3 is 0 Å². The van der Waals surface area contributed by atoms with Crippen LogP contribution in [0.25, 0.3) is 0 Å². The highest BCUT2D eigenvalue weighted by Crippen LogP contribution is 2.27. The van der Waals surface area contributed by atoms with Gasteiger partial charge in [0.15, 0.2) is 0 Å². The number of nitrogen functional groups attached to an aromatic ring is 1. The van der Waals surface area contributed by atoms with Crippen molar-refractivity contribution in [2.24, 2.45) is 0 Å². The molecule has 1 aromatic carbocycles. The lowest BCUT2D eigenvalue weighted by atomic mass is 10.1. The third-order valence-electron chi connectivity index (χ3n) is 2.53. The predicted molar refractivity (Wildman–Crippen MR) is 58.5 cm³/mol. The van der Waals surface area contributed by atoms with Crippen molar-refractivity contribution in [1.82, 2.24) is 0 Å². The average Bonchev–Trinajstić information content (AvgIpc) is 2.12. The van der Waals surface area contributed by atoms with Crippen molar-refractivity contribution in [3.05, 3.63) is 24.3 Å². The van der Waals surface area contributed by atoms with Gasteiger partial charge in [-0.2, -0.15) is 0 Å². The summed E-state index contributed by atoms with van der Waals surface area (Å²) in [5, 5.41) is 0. The molecule has 0 bridgehead atoms. The van der Waals surface area contributed by atoms with E-state index >= 15 is 0 Å². The SMILES string of the molecule is CCOC1CN(c2ccccc2N)C1. The monoisotopic (exact) mass is 192 g/mol. The van der Waals surface area contributed by atoms with Gasteiger partial charge in [-0.25, -0.2) is 0 Å². The molecule has 0 atom stereocenters. The standard InChI is InChI=1S/C11H16N2O/c1-2-14-9-7-13(8-9)11-6-4-3-5-10(11)12/h3-6,9H,2,7-8,12H2,1H3. The molecule has 2 rings (SSSR count). The number of nitrogens with two attached hydrogens (primary N) is 1. The fourth-order valence-electron chi connectivity index (χ4n) is 1.75. The molecule has 0 unspecified atom stereocenters. The van der Waals surface area contributed by atoms with Crippen LogP contribution >= 0.6 is 0 Å². The predicted octanol–water partition coefficient (Wildman–Crippen LogP) is 1.49.